The lowest BCUT2D eigenvalue weighted by Crippen LogP contribution is -2.11. The highest BCUT2D eigenvalue weighted by atomic mass is 35.5. The maximum absolute atomic E-state index is 9.73. The molecule has 0 bridgehead atoms. The van der Waals surface area contributed by atoms with Crippen LogP contribution in [0.25, 0.3) is 0 Å². The van der Waals surface area contributed by atoms with Gasteiger partial charge in [-0.3, -0.25) is 0 Å². The van der Waals surface area contributed by atoms with Crippen molar-refractivity contribution in [3.05, 3.63) is 46.0 Å². The average Bonchev–Trinajstić information content (AvgIpc) is 2.14. The monoisotopic (exact) mass is 210 g/mol. The number of aliphatic hydroxyl groups excluding tert-OH is 2. The Balaban J connectivity index is 2.57. The molecular weight excluding hydrogens is 200 g/mol. The molecule has 0 aromatic heterocycles. The molecule has 2 atom stereocenters. The minimum Gasteiger partial charge on any atom is -0.384 e. The minimum absolute atomic E-state index is 0.286. The van der Waals surface area contributed by atoms with Crippen LogP contribution in [-0.2, 0) is 0 Å². The van der Waals surface area contributed by atoms with Gasteiger partial charge in [-0.15, -0.1) is 0 Å². The molecule has 0 saturated heterocycles. The number of hydrogen-bond acceptors (Lipinski definition) is 2. The van der Waals surface area contributed by atoms with E-state index in [4.69, 9.17) is 11.6 Å². The largest absolute Gasteiger partial charge is 0.384 e. The first-order valence-corrected chi connectivity index (χ1v) is 4.81. The van der Waals surface area contributed by atoms with Crippen molar-refractivity contribution in [3.8, 4) is 0 Å². The summed E-state index contributed by atoms with van der Waals surface area (Å²) in [6.07, 6.45) is -0.0370. The zero-order valence-electron chi connectivity index (χ0n) is 7.74. The van der Waals surface area contributed by atoms with Crippen molar-refractivity contribution in [1.82, 2.24) is 0 Å². The Morgan fingerprint density at radius 3 is 2.64 bits per heavy atom. The molecule has 0 heterocycles. The number of benzene rings is 1. The van der Waals surface area contributed by atoms with Crippen molar-refractivity contribution in [1.29, 1.82) is 0 Å². The van der Waals surface area contributed by atoms with Gasteiger partial charge in [-0.1, -0.05) is 35.4 Å². The van der Waals surface area contributed by atoms with Gasteiger partial charge in [-0.2, -0.15) is 0 Å². The van der Waals surface area contributed by atoms with E-state index in [1.165, 1.54) is 6.08 Å². The fourth-order valence-corrected chi connectivity index (χ4v) is 1.92. The predicted octanol–water partition coefficient (Wildman–Crippen LogP) is 2.20. The van der Waals surface area contributed by atoms with E-state index in [1.54, 1.807) is 6.07 Å². The zero-order chi connectivity index (χ0) is 10.3. The third-order valence-electron chi connectivity index (χ3n) is 2.43. The summed E-state index contributed by atoms with van der Waals surface area (Å²) in [5.74, 6) is 0. The Labute approximate surface area is 87.5 Å². The molecule has 3 heteroatoms. The number of fused-ring (bicyclic) bond motifs is 1. The molecule has 1 aliphatic rings. The smallest absolute Gasteiger partial charge is 0.115 e. The van der Waals surface area contributed by atoms with Crippen LogP contribution < -0.4 is 0 Å². The maximum atomic E-state index is 9.73. The van der Waals surface area contributed by atoms with Crippen molar-refractivity contribution in [2.45, 2.75) is 19.1 Å². The summed E-state index contributed by atoms with van der Waals surface area (Å²) in [4.78, 5) is 0. The van der Waals surface area contributed by atoms with Crippen molar-refractivity contribution >= 4 is 11.6 Å². The predicted molar refractivity (Wildman–Crippen MR) is 55.0 cm³/mol. The number of aryl methyl sites for hydroxylation is 1. The molecule has 1 aromatic rings. The number of aliphatic hydroxyl groups is 2. The molecule has 0 aliphatic heterocycles. The van der Waals surface area contributed by atoms with E-state index in [-0.39, 0.29) is 5.03 Å². The first-order chi connectivity index (χ1) is 6.59. The molecule has 0 fully saturated rings. The summed E-state index contributed by atoms with van der Waals surface area (Å²) in [5, 5.41) is 19.7. The van der Waals surface area contributed by atoms with Crippen LogP contribution in [0.5, 0.6) is 0 Å². The van der Waals surface area contributed by atoms with Gasteiger partial charge in [0.1, 0.15) is 6.10 Å². The van der Waals surface area contributed by atoms with Gasteiger partial charge in [0.25, 0.3) is 0 Å². The van der Waals surface area contributed by atoms with E-state index in [9.17, 15) is 10.2 Å². The van der Waals surface area contributed by atoms with E-state index < -0.39 is 12.2 Å². The van der Waals surface area contributed by atoms with Crippen molar-refractivity contribution in [3.63, 3.8) is 0 Å². The Bertz CT molecular complexity index is 398. The first-order valence-electron chi connectivity index (χ1n) is 4.43. The molecule has 2 N–H and O–H groups in total. The molecule has 0 amide bonds. The Morgan fingerprint density at radius 2 is 1.93 bits per heavy atom. The van der Waals surface area contributed by atoms with Gasteiger partial charge in [-0.05, 0) is 24.1 Å². The fourth-order valence-electron chi connectivity index (χ4n) is 1.68. The van der Waals surface area contributed by atoms with Crippen LogP contribution in [0.2, 0.25) is 0 Å². The molecule has 0 radical (unpaired) electrons. The summed E-state index contributed by atoms with van der Waals surface area (Å²) in [6.45, 7) is 1.94. The van der Waals surface area contributed by atoms with Gasteiger partial charge < -0.3 is 10.2 Å². The summed E-state index contributed by atoms with van der Waals surface area (Å²) >= 11 is 5.78. The van der Waals surface area contributed by atoms with E-state index in [2.05, 4.69) is 0 Å². The van der Waals surface area contributed by atoms with Crippen LogP contribution in [0.3, 0.4) is 0 Å². The molecule has 2 unspecified atom stereocenters. The highest BCUT2D eigenvalue weighted by molar-refractivity contribution is 6.30. The normalized spacial score (nSPS) is 25.6. The molecule has 0 spiro atoms. The Kier molecular flexibility index (Phi) is 2.35. The van der Waals surface area contributed by atoms with Crippen LogP contribution in [0.15, 0.2) is 29.3 Å². The molecule has 14 heavy (non-hydrogen) atoms. The molecule has 1 aromatic carbocycles. The van der Waals surface area contributed by atoms with Crippen molar-refractivity contribution in [2.24, 2.45) is 0 Å². The second-order valence-electron chi connectivity index (χ2n) is 3.53. The fraction of sp³-hybridized carbons (Fsp3) is 0.273. The number of halogens is 1. The van der Waals surface area contributed by atoms with Crippen molar-refractivity contribution in [2.75, 3.05) is 0 Å². The Hall–Kier alpha value is -0.830. The van der Waals surface area contributed by atoms with Gasteiger partial charge in [0.15, 0.2) is 0 Å². The topological polar surface area (TPSA) is 40.5 Å². The number of rotatable bonds is 0. The lowest BCUT2D eigenvalue weighted by molar-refractivity contribution is 0.184. The lowest BCUT2D eigenvalue weighted by atomic mass is 9.91. The van der Waals surface area contributed by atoms with E-state index in [1.807, 2.05) is 19.1 Å². The third kappa shape index (κ3) is 1.46. The van der Waals surface area contributed by atoms with Gasteiger partial charge in [0.2, 0.25) is 0 Å². The molecule has 2 rings (SSSR count). The SMILES string of the molecule is Cc1ccc2c(c1)C(O)C=C(Cl)C2O. The zero-order valence-corrected chi connectivity index (χ0v) is 8.49. The molecule has 74 valence electrons. The van der Waals surface area contributed by atoms with Gasteiger partial charge in [-0.25, -0.2) is 0 Å². The first kappa shape index (κ1) is 9.71. The van der Waals surface area contributed by atoms with E-state index >= 15 is 0 Å². The quantitative estimate of drug-likeness (QED) is 0.689. The second kappa shape index (κ2) is 3.39. The second-order valence-corrected chi connectivity index (χ2v) is 3.97. The van der Waals surface area contributed by atoms with Crippen LogP contribution >= 0.6 is 11.6 Å². The van der Waals surface area contributed by atoms with Gasteiger partial charge >= 0.3 is 0 Å². The minimum atomic E-state index is -0.796. The van der Waals surface area contributed by atoms with Crippen LogP contribution in [0, 0.1) is 6.92 Å². The molecule has 2 nitrogen and oxygen atoms in total. The van der Waals surface area contributed by atoms with E-state index in [0.717, 1.165) is 11.1 Å². The van der Waals surface area contributed by atoms with Crippen LogP contribution in [0.1, 0.15) is 28.9 Å². The maximum Gasteiger partial charge on any atom is 0.115 e. The highest BCUT2D eigenvalue weighted by Gasteiger charge is 2.24. The molecule has 0 saturated carbocycles. The molecular formula is C11H11ClO2. The summed E-state index contributed by atoms with van der Waals surface area (Å²) in [6, 6.07) is 5.56. The highest BCUT2D eigenvalue weighted by Crippen LogP contribution is 2.37. The summed E-state index contributed by atoms with van der Waals surface area (Å²) in [5.41, 5.74) is 2.49. The lowest BCUT2D eigenvalue weighted by Gasteiger charge is -2.23. The molecule has 1 aliphatic carbocycles. The standard InChI is InChI=1S/C11H11ClO2/c1-6-2-3-7-8(4-6)10(13)5-9(12)11(7)14/h2-5,10-11,13-14H,1H3. The van der Waals surface area contributed by atoms with Crippen molar-refractivity contribution < 1.29 is 10.2 Å². The van der Waals surface area contributed by atoms with E-state index in [0.29, 0.717) is 5.56 Å². The summed E-state index contributed by atoms with van der Waals surface area (Å²) in [7, 11) is 0. The third-order valence-corrected chi connectivity index (χ3v) is 2.77. The van der Waals surface area contributed by atoms with Gasteiger partial charge in [0.05, 0.1) is 11.1 Å². The van der Waals surface area contributed by atoms with Gasteiger partial charge in [0, 0.05) is 0 Å². The summed E-state index contributed by atoms with van der Waals surface area (Å²) < 4.78 is 0. The van der Waals surface area contributed by atoms with Crippen LogP contribution in [0.4, 0.5) is 0 Å². The average molecular weight is 211 g/mol. The van der Waals surface area contributed by atoms with Crippen LogP contribution in [-0.4, -0.2) is 10.2 Å². The number of hydrogen-bond donors (Lipinski definition) is 2. The Morgan fingerprint density at radius 1 is 1.21 bits per heavy atom.